The summed E-state index contributed by atoms with van der Waals surface area (Å²) >= 11 is 5.88. The van der Waals surface area contributed by atoms with Crippen LogP contribution in [0.3, 0.4) is 0 Å². The highest BCUT2D eigenvalue weighted by Gasteiger charge is 2.33. The van der Waals surface area contributed by atoms with Gasteiger partial charge >= 0.3 is 6.03 Å². The second kappa shape index (κ2) is 7.31. The lowest BCUT2D eigenvalue weighted by Crippen LogP contribution is -2.54. The van der Waals surface area contributed by atoms with E-state index in [1.165, 1.54) is 6.92 Å². The van der Waals surface area contributed by atoms with Gasteiger partial charge in [0.25, 0.3) is 0 Å². The van der Waals surface area contributed by atoms with Crippen LogP contribution < -0.4 is 10.2 Å². The molecule has 0 bridgehead atoms. The minimum Gasteiger partial charge on any atom is -0.339 e. The Morgan fingerprint density at radius 2 is 1.68 bits per heavy atom. The summed E-state index contributed by atoms with van der Waals surface area (Å²) < 4.78 is 0. The van der Waals surface area contributed by atoms with E-state index in [9.17, 15) is 14.4 Å². The zero-order valence-electron chi connectivity index (χ0n) is 14.1. The van der Waals surface area contributed by atoms with Gasteiger partial charge < -0.3 is 20.0 Å². The maximum atomic E-state index is 12.4. The maximum Gasteiger partial charge on any atom is 0.317 e. The second-order valence-electron chi connectivity index (χ2n) is 6.32. The maximum absolute atomic E-state index is 12.4. The van der Waals surface area contributed by atoms with Crippen LogP contribution in [0.2, 0.25) is 5.02 Å². The lowest BCUT2D eigenvalue weighted by Gasteiger charge is -2.34. The molecule has 8 heteroatoms. The van der Waals surface area contributed by atoms with E-state index >= 15 is 0 Å². The lowest BCUT2D eigenvalue weighted by atomic mass is 10.2. The van der Waals surface area contributed by atoms with Crippen LogP contribution in [0.1, 0.15) is 13.3 Å². The quantitative estimate of drug-likeness (QED) is 0.860. The summed E-state index contributed by atoms with van der Waals surface area (Å²) in [5.41, 5.74) is 0.779. The van der Waals surface area contributed by atoms with E-state index in [0.717, 1.165) is 5.69 Å². The Morgan fingerprint density at radius 3 is 2.28 bits per heavy atom. The first-order chi connectivity index (χ1) is 11.9. The van der Waals surface area contributed by atoms with Gasteiger partial charge in [-0.15, -0.1) is 0 Å². The van der Waals surface area contributed by atoms with Gasteiger partial charge in [0.2, 0.25) is 11.8 Å². The minimum atomic E-state index is -0.221. The van der Waals surface area contributed by atoms with E-state index in [4.69, 9.17) is 11.6 Å². The third-order valence-electron chi connectivity index (χ3n) is 4.60. The smallest absolute Gasteiger partial charge is 0.317 e. The van der Waals surface area contributed by atoms with Crippen molar-refractivity contribution in [3.63, 3.8) is 0 Å². The molecule has 2 aliphatic rings. The van der Waals surface area contributed by atoms with Crippen molar-refractivity contribution >= 4 is 35.1 Å². The topological polar surface area (TPSA) is 73.0 Å². The van der Waals surface area contributed by atoms with Crippen LogP contribution in [0.25, 0.3) is 0 Å². The zero-order valence-corrected chi connectivity index (χ0v) is 14.8. The molecule has 1 aromatic carbocycles. The number of piperazine rings is 1. The van der Waals surface area contributed by atoms with Gasteiger partial charge in [-0.1, -0.05) is 11.6 Å². The first-order valence-electron chi connectivity index (χ1n) is 8.31. The van der Waals surface area contributed by atoms with Crippen molar-refractivity contribution in [1.29, 1.82) is 0 Å². The van der Waals surface area contributed by atoms with E-state index in [-0.39, 0.29) is 30.3 Å². The SMILES string of the molecule is CC(=O)N1CCN(C(=O)N[C@@H]2CC(=O)N(c3ccc(Cl)cc3)C2)CC1. The van der Waals surface area contributed by atoms with Crippen molar-refractivity contribution in [2.45, 2.75) is 19.4 Å². The molecule has 1 aromatic rings. The van der Waals surface area contributed by atoms with Crippen molar-refractivity contribution in [2.75, 3.05) is 37.6 Å². The predicted octanol–water partition coefficient (Wildman–Crippen LogP) is 1.32. The molecule has 4 amide bonds. The van der Waals surface area contributed by atoms with Gasteiger partial charge in [-0.25, -0.2) is 4.79 Å². The Labute approximate surface area is 151 Å². The standard InChI is InChI=1S/C17H21ClN4O3/c1-12(23)20-6-8-21(9-7-20)17(25)19-14-10-16(24)22(11-14)15-4-2-13(18)3-5-15/h2-5,14H,6-11H2,1H3,(H,19,25)/t14-/m1/s1. The van der Waals surface area contributed by atoms with Crippen molar-refractivity contribution in [2.24, 2.45) is 0 Å². The fourth-order valence-corrected chi connectivity index (χ4v) is 3.29. The number of anilines is 1. The molecule has 0 unspecified atom stereocenters. The highest BCUT2D eigenvalue weighted by molar-refractivity contribution is 6.30. The minimum absolute atomic E-state index is 0.0194. The summed E-state index contributed by atoms with van der Waals surface area (Å²) in [5, 5.41) is 3.54. The molecule has 0 spiro atoms. The Kier molecular flexibility index (Phi) is 5.13. The Hall–Kier alpha value is -2.28. The van der Waals surface area contributed by atoms with Crippen molar-refractivity contribution < 1.29 is 14.4 Å². The number of halogens is 1. The molecule has 2 fully saturated rings. The number of nitrogens with one attached hydrogen (secondary N) is 1. The average Bonchev–Trinajstić information content (AvgIpc) is 2.96. The zero-order chi connectivity index (χ0) is 18.0. The third kappa shape index (κ3) is 4.04. The third-order valence-corrected chi connectivity index (χ3v) is 4.86. The molecular weight excluding hydrogens is 344 g/mol. The van der Waals surface area contributed by atoms with E-state index in [1.54, 1.807) is 39.0 Å². The van der Waals surface area contributed by atoms with Crippen LogP contribution >= 0.6 is 11.6 Å². The van der Waals surface area contributed by atoms with Crippen LogP contribution in [0.5, 0.6) is 0 Å². The number of benzene rings is 1. The van der Waals surface area contributed by atoms with Gasteiger partial charge in [0.15, 0.2) is 0 Å². The van der Waals surface area contributed by atoms with Gasteiger partial charge in [-0.3, -0.25) is 9.59 Å². The summed E-state index contributed by atoms with van der Waals surface area (Å²) in [6.07, 6.45) is 0.280. The van der Waals surface area contributed by atoms with E-state index in [1.807, 2.05) is 0 Å². The number of hydrogen-bond donors (Lipinski definition) is 1. The number of urea groups is 1. The van der Waals surface area contributed by atoms with Crippen LogP contribution in [-0.2, 0) is 9.59 Å². The molecule has 7 nitrogen and oxygen atoms in total. The summed E-state index contributed by atoms with van der Waals surface area (Å²) in [6.45, 7) is 4.08. The van der Waals surface area contributed by atoms with Crippen LogP contribution in [0.15, 0.2) is 24.3 Å². The fourth-order valence-electron chi connectivity index (χ4n) is 3.17. The highest BCUT2D eigenvalue weighted by atomic mass is 35.5. The van der Waals surface area contributed by atoms with Crippen molar-refractivity contribution in [1.82, 2.24) is 15.1 Å². The highest BCUT2D eigenvalue weighted by Crippen LogP contribution is 2.23. The Morgan fingerprint density at radius 1 is 1.08 bits per heavy atom. The number of nitrogens with zero attached hydrogens (tertiary/aromatic N) is 3. The molecule has 25 heavy (non-hydrogen) atoms. The van der Waals surface area contributed by atoms with Gasteiger partial charge in [-0.05, 0) is 24.3 Å². The molecule has 2 saturated heterocycles. The van der Waals surface area contributed by atoms with Gasteiger partial charge in [0.05, 0.1) is 6.04 Å². The number of hydrogen-bond acceptors (Lipinski definition) is 3. The summed E-state index contributed by atoms with van der Waals surface area (Å²) in [6, 6.07) is 6.67. The largest absolute Gasteiger partial charge is 0.339 e. The Bertz CT molecular complexity index is 671. The summed E-state index contributed by atoms with van der Waals surface area (Å²) in [4.78, 5) is 41.0. The van der Waals surface area contributed by atoms with Crippen LogP contribution in [0.4, 0.5) is 10.5 Å². The van der Waals surface area contributed by atoms with Gasteiger partial charge in [-0.2, -0.15) is 0 Å². The fraction of sp³-hybridized carbons (Fsp3) is 0.471. The molecule has 3 rings (SSSR count). The molecule has 134 valence electrons. The first-order valence-corrected chi connectivity index (χ1v) is 8.68. The number of amides is 4. The molecule has 0 aromatic heterocycles. The molecule has 1 atom stereocenters. The molecule has 0 radical (unpaired) electrons. The Balaban J connectivity index is 1.54. The second-order valence-corrected chi connectivity index (χ2v) is 6.76. The van der Waals surface area contributed by atoms with Crippen LogP contribution in [0, 0.1) is 0 Å². The van der Waals surface area contributed by atoms with Gasteiger partial charge in [0.1, 0.15) is 0 Å². The van der Waals surface area contributed by atoms with Crippen molar-refractivity contribution in [3.05, 3.63) is 29.3 Å². The number of rotatable bonds is 2. The van der Waals surface area contributed by atoms with E-state index in [2.05, 4.69) is 5.32 Å². The predicted molar refractivity (Wildman–Crippen MR) is 94.6 cm³/mol. The van der Waals surface area contributed by atoms with E-state index < -0.39 is 0 Å². The van der Waals surface area contributed by atoms with Crippen LogP contribution in [-0.4, -0.2) is 66.4 Å². The van der Waals surface area contributed by atoms with Crippen molar-refractivity contribution in [3.8, 4) is 0 Å². The molecule has 2 aliphatic heterocycles. The molecule has 1 N–H and O–H groups in total. The molecular formula is C17H21ClN4O3. The van der Waals surface area contributed by atoms with Gasteiger partial charge in [0, 0.05) is 56.8 Å². The molecule has 0 aliphatic carbocycles. The van der Waals surface area contributed by atoms with E-state index in [0.29, 0.717) is 37.7 Å². The average molecular weight is 365 g/mol. The molecule has 0 saturated carbocycles. The monoisotopic (exact) mass is 364 g/mol. The number of carbonyl (C=O) groups excluding carboxylic acids is 3. The molecule has 2 heterocycles. The summed E-state index contributed by atoms with van der Waals surface area (Å²) in [7, 11) is 0. The lowest BCUT2D eigenvalue weighted by molar-refractivity contribution is -0.130. The first kappa shape index (κ1) is 17.5. The number of carbonyl (C=O) groups is 3. The summed E-state index contributed by atoms with van der Waals surface area (Å²) in [5.74, 6) is 0.00840. The normalized spacial score (nSPS) is 20.8.